The number of aliphatic imine (C=N–C) groups is 1. The van der Waals surface area contributed by atoms with Crippen LogP contribution in [-0.4, -0.2) is 57.1 Å². The lowest BCUT2D eigenvalue weighted by molar-refractivity contribution is 0.167. The van der Waals surface area contributed by atoms with Crippen molar-refractivity contribution in [3.8, 4) is 5.82 Å². The maximum Gasteiger partial charge on any atom is 0.191 e. The molecule has 2 N–H and O–H groups in total. The van der Waals surface area contributed by atoms with Crippen LogP contribution in [0, 0.1) is 6.92 Å². The lowest BCUT2D eigenvalue weighted by atomic mass is 10.0. The van der Waals surface area contributed by atoms with Crippen LogP contribution in [0.4, 0.5) is 0 Å². The predicted molar refractivity (Wildman–Crippen MR) is 114 cm³/mol. The van der Waals surface area contributed by atoms with Crippen LogP contribution in [0.25, 0.3) is 5.82 Å². The molecule has 2 aromatic heterocycles. The second kappa shape index (κ2) is 9.68. The van der Waals surface area contributed by atoms with Crippen LogP contribution in [-0.2, 0) is 6.54 Å². The summed E-state index contributed by atoms with van der Waals surface area (Å²) in [5, 5.41) is 6.98. The number of hydrogen-bond acceptors (Lipinski definition) is 4. The van der Waals surface area contributed by atoms with E-state index in [0.29, 0.717) is 18.6 Å². The molecule has 1 aliphatic rings. The van der Waals surface area contributed by atoms with Crippen molar-refractivity contribution in [2.75, 3.05) is 19.6 Å². The van der Waals surface area contributed by atoms with Gasteiger partial charge >= 0.3 is 0 Å². The van der Waals surface area contributed by atoms with Crippen molar-refractivity contribution in [1.82, 2.24) is 30.1 Å². The number of pyridine rings is 1. The first kappa shape index (κ1) is 20.3. The Morgan fingerprint density at radius 1 is 1.25 bits per heavy atom. The molecule has 0 radical (unpaired) electrons. The number of likely N-dealkylation sites (tertiary alicyclic amines) is 1. The monoisotopic (exact) mass is 383 g/mol. The first-order valence-electron chi connectivity index (χ1n) is 10.3. The van der Waals surface area contributed by atoms with Gasteiger partial charge in [-0.1, -0.05) is 6.07 Å². The van der Waals surface area contributed by atoms with Crippen molar-refractivity contribution in [2.24, 2.45) is 4.99 Å². The van der Waals surface area contributed by atoms with E-state index in [1.807, 2.05) is 30.0 Å². The minimum atomic E-state index is 0.484. The molecule has 0 unspecified atom stereocenters. The zero-order valence-electron chi connectivity index (χ0n) is 17.5. The molecule has 0 atom stereocenters. The summed E-state index contributed by atoms with van der Waals surface area (Å²) in [5.74, 6) is 2.70. The van der Waals surface area contributed by atoms with Crippen molar-refractivity contribution < 1.29 is 0 Å². The molecule has 3 heterocycles. The Bertz CT molecular complexity index is 755. The highest BCUT2D eigenvalue weighted by atomic mass is 15.2. The maximum absolute atomic E-state index is 4.76. The Hall–Kier alpha value is -2.41. The fraction of sp³-hybridized carbons (Fsp3) is 0.571. The molecule has 7 nitrogen and oxygen atoms in total. The van der Waals surface area contributed by atoms with Gasteiger partial charge in [-0.3, -0.25) is 4.57 Å². The van der Waals surface area contributed by atoms with Crippen molar-refractivity contribution in [2.45, 2.75) is 59.2 Å². The van der Waals surface area contributed by atoms with Gasteiger partial charge in [-0.2, -0.15) is 0 Å². The summed E-state index contributed by atoms with van der Waals surface area (Å²) in [7, 11) is 0. The topological polar surface area (TPSA) is 70.4 Å². The van der Waals surface area contributed by atoms with Crippen LogP contribution in [0.3, 0.4) is 0 Å². The van der Waals surface area contributed by atoms with E-state index in [1.165, 1.54) is 0 Å². The number of aryl methyl sites for hydroxylation is 1. The van der Waals surface area contributed by atoms with Gasteiger partial charge in [-0.05, 0) is 52.2 Å². The van der Waals surface area contributed by atoms with Crippen LogP contribution in [0.5, 0.6) is 0 Å². The number of hydrogen-bond donors (Lipinski definition) is 2. The molecule has 0 spiro atoms. The average Bonchev–Trinajstić information content (AvgIpc) is 3.13. The van der Waals surface area contributed by atoms with Crippen LogP contribution in [0.15, 0.2) is 35.7 Å². The number of nitrogens with zero attached hydrogens (tertiary/aromatic N) is 5. The molecule has 0 amide bonds. The summed E-state index contributed by atoms with van der Waals surface area (Å²) in [6, 6.07) is 5.21. The van der Waals surface area contributed by atoms with E-state index < -0.39 is 0 Å². The first-order chi connectivity index (χ1) is 13.6. The molecule has 7 heteroatoms. The van der Waals surface area contributed by atoms with Crippen molar-refractivity contribution in [1.29, 1.82) is 0 Å². The maximum atomic E-state index is 4.76. The SMILES string of the molecule is CCNC(=NCc1ccc(-n2ccnc2C)nc1)NC1CCN(C(C)C)CC1. The van der Waals surface area contributed by atoms with Gasteiger partial charge in [0.1, 0.15) is 11.6 Å². The van der Waals surface area contributed by atoms with E-state index >= 15 is 0 Å². The van der Waals surface area contributed by atoms with E-state index in [1.54, 1.807) is 6.20 Å². The molecule has 0 saturated carbocycles. The molecule has 3 rings (SSSR count). The highest BCUT2D eigenvalue weighted by molar-refractivity contribution is 5.80. The van der Waals surface area contributed by atoms with Crippen LogP contribution in [0.1, 0.15) is 45.0 Å². The van der Waals surface area contributed by atoms with Crippen LogP contribution < -0.4 is 10.6 Å². The third kappa shape index (κ3) is 5.32. The fourth-order valence-corrected chi connectivity index (χ4v) is 3.52. The smallest absolute Gasteiger partial charge is 0.191 e. The minimum Gasteiger partial charge on any atom is -0.357 e. The van der Waals surface area contributed by atoms with Crippen LogP contribution >= 0.6 is 0 Å². The number of aromatic nitrogens is 3. The van der Waals surface area contributed by atoms with Gasteiger partial charge in [0.2, 0.25) is 0 Å². The molecule has 0 aliphatic carbocycles. The third-order valence-electron chi connectivity index (χ3n) is 5.25. The second-order valence-electron chi connectivity index (χ2n) is 7.61. The summed E-state index contributed by atoms with van der Waals surface area (Å²) in [4.78, 5) is 16.1. The number of guanidine groups is 1. The quantitative estimate of drug-likeness (QED) is 0.592. The van der Waals surface area contributed by atoms with E-state index in [2.05, 4.69) is 52.3 Å². The zero-order chi connectivity index (χ0) is 19.9. The number of imidazole rings is 1. The van der Waals surface area contributed by atoms with E-state index in [-0.39, 0.29) is 0 Å². The molecule has 1 aliphatic heterocycles. The lowest BCUT2D eigenvalue weighted by Gasteiger charge is -2.35. The van der Waals surface area contributed by atoms with Crippen molar-refractivity contribution in [3.05, 3.63) is 42.1 Å². The molecule has 1 fully saturated rings. The zero-order valence-corrected chi connectivity index (χ0v) is 17.5. The lowest BCUT2D eigenvalue weighted by Crippen LogP contribution is -2.49. The summed E-state index contributed by atoms with van der Waals surface area (Å²) >= 11 is 0. The standard InChI is InChI=1S/C21H33N7/c1-5-22-21(26-19-8-11-27(12-9-19)16(2)3)25-15-18-6-7-20(24-14-18)28-13-10-23-17(28)4/h6-7,10,13-14,16,19H,5,8-9,11-12,15H2,1-4H3,(H2,22,25,26). The normalized spacial score (nSPS) is 16.5. The number of nitrogens with one attached hydrogen (secondary N) is 2. The van der Waals surface area contributed by atoms with Crippen molar-refractivity contribution in [3.63, 3.8) is 0 Å². The van der Waals surface area contributed by atoms with E-state index in [9.17, 15) is 0 Å². The summed E-state index contributed by atoms with van der Waals surface area (Å²) in [6.45, 7) is 12.4. The molecule has 2 aromatic rings. The van der Waals surface area contributed by atoms with E-state index in [0.717, 1.165) is 55.6 Å². The highest BCUT2D eigenvalue weighted by Crippen LogP contribution is 2.13. The first-order valence-corrected chi connectivity index (χ1v) is 10.3. The second-order valence-corrected chi connectivity index (χ2v) is 7.61. The van der Waals surface area contributed by atoms with Crippen LogP contribution in [0.2, 0.25) is 0 Å². The average molecular weight is 384 g/mol. The fourth-order valence-electron chi connectivity index (χ4n) is 3.52. The summed E-state index contributed by atoms with van der Waals surface area (Å²) < 4.78 is 1.97. The molecular weight excluding hydrogens is 350 g/mol. The number of rotatable bonds is 6. The summed E-state index contributed by atoms with van der Waals surface area (Å²) in [5.41, 5.74) is 1.09. The Morgan fingerprint density at radius 3 is 2.61 bits per heavy atom. The molecule has 1 saturated heterocycles. The molecule has 0 aromatic carbocycles. The Morgan fingerprint density at radius 2 is 2.04 bits per heavy atom. The van der Waals surface area contributed by atoms with E-state index in [4.69, 9.17) is 4.99 Å². The van der Waals surface area contributed by atoms with Gasteiger partial charge in [-0.15, -0.1) is 0 Å². The molecule has 152 valence electrons. The van der Waals surface area contributed by atoms with Gasteiger partial charge in [0.25, 0.3) is 0 Å². The molecule has 0 bridgehead atoms. The largest absolute Gasteiger partial charge is 0.357 e. The van der Waals surface area contributed by atoms with Gasteiger partial charge in [0, 0.05) is 50.3 Å². The Kier molecular flexibility index (Phi) is 7.03. The Labute approximate surface area is 168 Å². The van der Waals surface area contributed by atoms with Gasteiger partial charge in [-0.25, -0.2) is 15.0 Å². The highest BCUT2D eigenvalue weighted by Gasteiger charge is 2.21. The van der Waals surface area contributed by atoms with Gasteiger partial charge in [0.05, 0.1) is 6.54 Å². The third-order valence-corrected chi connectivity index (χ3v) is 5.25. The summed E-state index contributed by atoms with van der Waals surface area (Å²) in [6.07, 6.45) is 7.91. The molecule has 28 heavy (non-hydrogen) atoms. The Balaban J connectivity index is 1.58. The van der Waals surface area contributed by atoms with Crippen molar-refractivity contribution >= 4 is 5.96 Å². The van der Waals surface area contributed by atoms with Gasteiger partial charge < -0.3 is 15.5 Å². The van der Waals surface area contributed by atoms with Gasteiger partial charge in [0.15, 0.2) is 5.96 Å². The molecular formula is C21H33N7. The predicted octanol–water partition coefficient (Wildman–Crippen LogP) is 2.50. The minimum absolute atomic E-state index is 0.484. The number of piperidine rings is 1.